The minimum absolute atomic E-state index is 0.102. The van der Waals surface area contributed by atoms with E-state index in [0.29, 0.717) is 47.7 Å². The van der Waals surface area contributed by atoms with Crippen LogP contribution in [-0.4, -0.2) is 75.5 Å². The van der Waals surface area contributed by atoms with Crippen molar-refractivity contribution in [1.29, 1.82) is 0 Å². The molecular formula is C25H29N3O5S. The van der Waals surface area contributed by atoms with Crippen molar-refractivity contribution in [2.75, 3.05) is 64.6 Å². The summed E-state index contributed by atoms with van der Waals surface area (Å²) < 4.78 is 23.4. The van der Waals surface area contributed by atoms with Gasteiger partial charge in [-0.25, -0.2) is 4.98 Å². The van der Waals surface area contributed by atoms with E-state index in [-0.39, 0.29) is 5.91 Å². The number of carbonyl (C=O) groups excluding carboxylic acids is 1. The monoisotopic (exact) mass is 483 g/mol. The van der Waals surface area contributed by atoms with Gasteiger partial charge in [0.05, 0.1) is 25.0 Å². The molecule has 0 saturated carbocycles. The van der Waals surface area contributed by atoms with E-state index < -0.39 is 0 Å². The number of methoxy groups -OCH3 is 1. The lowest BCUT2D eigenvalue weighted by molar-refractivity contribution is 0.0376. The van der Waals surface area contributed by atoms with E-state index in [0.717, 1.165) is 55.0 Å². The predicted octanol–water partition coefficient (Wildman–Crippen LogP) is 3.75. The second-order valence-electron chi connectivity index (χ2n) is 8.38. The third-order valence-corrected chi connectivity index (χ3v) is 7.35. The number of thiazole rings is 1. The Morgan fingerprint density at radius 3 is 2.71 bits per heavy atom. The Morgan fingerprint density at radius 1 is 1.12 bits per heavy atom. The minimum atomic E-state index is -0.102. The molecule has 0 atom stereocenters. The van der Waals surface area contributed by atoms with E-state index >= 15 is 0 Å². The zero-order valence-electron chi connectivity index (χ0n) is 19.5. The number of anilines is 1. The molecule has 3 heterocycles. The summed E-state index contributed by atoms with van der Waals surface area (Å²) in [5, 5.41) is 0.671. The second kappa shape index (κ2) is 10.2. The Balaban J connectivity index is 1.45. The van der Waals surface area contributed by atoms with Crippen LogP contribution in [0.1, 0.15) is 22.3 Å². The largest absolute Gasteiger partial charge is 0.494 e. The summed E-state index contributed by atoms with van der Waals surface area (Å²) >= 11 is 1.52. The van der Waals surface area contributed by atoms with Gasteiger partial charge in [-0.15, -0.1) is 0 Å². The Kier molecular flexibility index (Phi) is 6.85. The van der Waals surface area contributed by atoms with Crippen LogP contribution in [0.2, 0.25) is 0 Å². The standard InChI is InChI=1S/C25H29N3O5S/c1-17-4-6-20(30-2)22-23(17)34-25(26-22)28(9-3-8-27-10-12-31-13-11-27)24(29)18-5-7-19-21(16-18)33-15-14-32-19/h4-7,16H,3,8-15H2,1-2H3. The third kappa shape index (κ3) is 4.68. The van der Waals surface area contributed by atoms with Crippen LogP contribution in [0.3, 0.4) is 0 Å². The zero-order chi connectivity index (χ0) is 23.5. The van der Waals surface area contributed by atoms with Crippen LogP contribution in [0.25, 0.3) is 10.2 Å². The molecule has 0 spiro atoms. The van der Waals surface area contributed by atoms with E-state index in [1.165, 1.54) is 11.3 Å². The van der Waals surface area contributed by atoms with Crippen molar-refractivity contribution in [2.24, 2.45) is 0 Å². The molecule has 9 heteroatoms. The molecule has 5 rings (SSSR count). The van der Waals surface area contributed by atoms with Crippen molar-refractivity contribution in [2.45, 2.75) is 13.3 Å². The second-order valence-corrected chi connectivity index (χ2v) is 9.36. The lowest BCUT2D eigenvalue weighted by Crippen LogP contribution is -2.39. The lowest BCUT2D eigenvalue weighted by atomic mass is 10.1. The number of nitrogens with zero attached hydrogens (tertiary/aromatic N) is 3. The molecule has 2 aromatic carbocycles. The summed E-state index contributed by atoms with van der Waals surface area (Å²) in [7, 11) is 1.64. The fourth-order valence-corrected chi connectivity index (χ4v) is 5.35. The van der Waals surface area contributed by atoms with Crippen LogP contribution < -0.4 is 19.1 Å². The molecule has 1 fully saturated rings. The number of benzene rings is 2. The Labute approximate surface area is 203 Å². The number of fused-ring (bicyclic) bond motifs is 2. The van der Waals surface area contributed by atoms with Crippen molar-refractivity contribution < 1.29 is 23.7 Å². The number of rotatable bonds is 7. The van der Waals surface area contributed by atoms with Gasteiger partial charge in [-0.05, 0) is 43.2 Å². The highest BCUT2D eigenvalue weighted by Crippen LogP contribution is 2.37. The molecule has 1 aromatic heterocycles. The van der Waals surface area contributed by atoms with Gasteiger partial charge < -0.3 is 18.9 Å². The maximum Gasteiger partial charge on any atom is 0.260 e. The molecular weight excluding hydrogens is 454 g/mol. The molecule has 3 aromatic rings. The first-order chi connectivity index (χ1) is 16.6. The number of amides is 1. The van der Waals surface area contributed by atoms with Crippen molar-refractivity contribution in [3.63, 3.8) is 0 Å². The van der Waals surface area contributed by atoms with Gasteiger partial charge in [-0.1, -0.05) is 17.4 Å². The summed E-state index contributed by atoms with van der Waals surface area (Å²) in [5.74, 6) is 1.88. The molecule has 1 amide bonds. The van der Waals surface area contributed by atoms with Gasteiger partial charge in [0.1, 0.15) is 24.5 Å². The smallest absolute Gasteiger partial charge is 0.260 e. The minimum Gasteiger partial charge on any atom is -0.494 e. The van der Waals surface area contributed by atoms with Crippen LogP contribution in [0.5, 0.6) is 17.2 Å². The summed E-state index contributed by atoms with van der Waals surface area (Å²) in [6.45, 7) is 7.88. The fourth-order valence-electron chi connectivity index (χ4n) is 4.27. The van der Waals surface area contributed by atoms with E-state index in [9.17, 15) is 4.79 Å². The quantitative estimate of drug-likeness (QED) is 0.507. The molecule has 2 aliphatic heterocycles. The number of hydrogen-bond acceptors (Lipinski definition) is 8. The molecule has 0 N–H and O–H groups in total. The van der Waals surface area contributed by atoms with Crippen LogP contribution in [-0.2, 0) is 4.74 Å². The number of morpholine rings is 1. The van der Waals surface area contributed by atoms with Crippen molar-refractivity contribution in [3.8, 4) is 17.2 Å². The third-order valence-electron chi connectivity index (χ3n) is 6.14. The Hall–Kier alpha value is -2.88. The molecule has 34 heavy (non-hydrogen) atoms. The normalized spacial score (nSPS) is 15.9. The van der Waals surface area contributed by atoms with Crippen molar-refractivity contribution >= 4 is 32.6 Å². The first-order valence-corrected chi connectivity index (χ1v) is 12.4. The van der Waals surface area contributed by atoms with Crippen molar-refractivity contribution in [3.05, 3.63) is 41.5 Å². The van der Waals surface area contributed by atoms with Gasteiger partial charge in [0.25, 0.3) is 5.91 Å². The average molecular weight is 484 g/mol. The van der Waals surface area contributed by atoms with Crippen LogP contribution in [0.4, 0.5) is 5.13 Å². The van der Waals surface area contributed by atoms with Crippen molar-refractivity contribution in [1.82, 2.24) is 9.88 Å². The Morgan fingerprint density at radius 2 is 1.91 bits per heavy atom. The molecule has 0 radical (unpaired) electrons. The Bertz CT molecular complexity index is 1170. The highest BCUT2D eigenvalue weighted by Gasteiger charge is 2.25. The molecule has 0 bridgehead atoms. The summed E-state index contributed by atoms with van der Waals surface area (Å²) in [4.78, 5) is 22.8. The van der Waals surface area contributed by atoms with Gasteiger partial charge >= 0.3 is 0 Å². The highest BCUT2D eigenvalue weighted by atomic mass is 32.1. The first-order valence-electron chi connectivity index (χ1n) is 11.6. The lowest BCUT2D eigenvalue weighted by Gasteiger charge is -2.28. The number of hydrogen-bond donors (Lipinski definition) is 0. The van der Waals surface area contributed by atoms with E-state index in [1.54, 1.807) is 30.2 Å². The zero-order valence-corrected chi connectivity index (χ0v) is 20.4. The van der Waals surface area contributed by atoms with Gasteiger partial charge in [-0.2, -0.15) is 0 Å². The van der Waals surface area contributed by atoms with E-state index in [1.807, 2.05) is 12.1 Å². The molecule has 0 unspecified atom stereocenters. The van der Waals surface area contributed by atoms with Crippen LogP contribution >= 0.6 is 11.3 Å². The van der Waals surface area contributed by atoms with Gasteiger partial charge in [0.2, 0.25) is 0 Å². The van der Waals surface area contributed by atoms with E-state index in [2.05, 4.69) is 11.8 Å². The first kappa shape index (κ1) is 22.9. The SMILES string of the molecule is COc1ccc(C)c2sc(N(CCCN3CCOCC3)C(=O)c3ccc4c(c3)OCCO4)nc12. The number of aromatic nitrogens is 1. The average Bonchev–Trinajstić information content (AvgIpc) is 3.33. The van der Waals surface area contributed by atoms with Crippen LogP contribution in [0.15, 0.2) is 30.3 Å². The maximum atomic E-state index is 13.8. The fraction of sp³-hybridized carbons (Fsp3) is 0.440. The molecule has 2 aliphatic rings. The summed E-state index contributed by atoms with van der Waals surface area (Å²) in [5.41, 5.74) is 2.45. The number of ether oxygens (including phenoxy) is 4. The molecule has 0 aliphatic carbocycles. The number of aryl methyl sites for hydroxylation is 1. The highest BCUT2D eigenvalue weighted by molar-refractivity contribution is 7.22. The summed E-state index contributed by atoms with van der Waals surface area (Å²) in [6.07, 6.45) is 0.836. The predicted molar refractivity (Wildman–Crippen MR) is 132 cm³/mol. The topological polar surface area (TPSA) is 73.4 Å². The van der Waals surface area contributed by atoms with E-state index in [4.69, 9.17) is 23.9 Å². The molecule has 180 valence electrons. The molecule has 1 saturated heterocycles. The summed E-state index contributed by atoms with van der Waals surface area (Å²) in [6, 6.07) is 9.31. The van der Waals surface area contributed by atoms with Gasteiger partial charge in [-0.3, -0.25) is 14.6 Å². The van der Waals surface area contributed by atoms with Gasteiger partial charge in [0, 0.05) is 31.7 Å². The van der Waals surface area contributed by atoms with Gasteiger partial charge in [0.15, 0.2) is 16.6 Å². The van der Waals surface area contributed by atoms with Crippen LogP contribution in [0, 0.1) is 6.92 Å². The molecule has 8 nitrogen and oxygen atoms in total. The number of carbonyl (C=O) groups is 1. The maximum absolute atomic E-state index is 13.8.